The number of nitriles is 1. The molecular formula is C23H21N5O3. The van der Waals surface area contributed by atoms with Gasteiger partial charge in [0.15, 0.2) is 5.78 Å². The summed E-state index contributed by atoms with van der Waals surface area (Å²) in [6.07, 6.45) is 4.13. The second-order valence-electron chi connectivity index (χ2n) is 8.54. The van der Waals surface area contributed by atoms with E-state index in [0.717, 1.165) is 0 Å². The summed E-state index contributed by atoms with van der Waals surface area (Å²) >= 11 is 0. The summed E-state index contributed by atoms with van der Waals surface area (Å²) in [5, 5.41) is 21.3. The second kappa shape index (κ2) is 7.36. The molecule has 2 aromatic rings. The summed E-state index contributed by atoms with van der Waals surface area (Å²) in [5.74, 6) is -0.510. The van der Waals surface area contributed by atoms with Gasteiger partial charge in [0.05, 0.1) is 28.2 Å². The molecule has 8 heteroatoms. The van der Waals surface area contributed by atoms with Crippen molar-refractivity contribution in [2.45, 2.75) is 32.6 Å². The predicted molar refractivity (Wildman–Crippen MR) is 114 cm³/mol. The molecule has 156 valence electrons. The van der Waals surface area contributed by atoms with Gasteiger partial charge < -0.3 is 5.73 Å². The van der Waals surface area contributed by atoms with Crippen LogP contribution in [0.2, 0.25) is 0 Å². The molecule has 0 fully saturated rings. The SMILES string of the molecule is CC1(C)CC(=O)C2=C(C1)N(c1cccc([N+](=O)[O-])c1)C(N)=C(C#N)C2c1cccnc1. The van der Waals surface area contributed by atoms with Crippen LogP contribution in [0.15, 0.2) is 71.5 Å². The maximum atomic E-state index is 13.4. The van der Waals surface area contributed by atoms with E-state index in [-0.39, 0.29) is 28.3 Å². The normalized spacial score (nSPS) is 20.4. The molecule has 0 radical (unpaired) electrons. The largest absolute Gasteiger partial charge is 0.384 e. The fourth-order valence-electron chi connectivity index (χ4n) is 4.43. The molecule has 1 aliphatic carbocycles. The van der Waals surface area contributed by atoms with E-state index >= 15 is 0 Å². The molecule has 2 heterocycles. The Hall–Kier alpha value is -3.99. The molecule has 1 aliphatic heterocycles. The lowest BCUT2D eigenvalue weighted by molar-refractivity contribution is -0.384. The van der Waals surface area contributed by atoms with Crippen molar-refractivity contribution in [3.8, 4) is 6.07 Å². The van der Waals surface area contributed by atoms with Crippen LogP contribution in [0.1, 0.15) is 38.2 Å². The zero-order chi connectivity index (χ0) is 22.3. The fraction of sp³-hybridized carbons (Fsp3) is 0.261. The molecule has 8 nitrogen and oxygen atoms in total. The highest BCUT2D eigenvalue weighted by Crippen LogP contribution is 2.50. The predicted octanol–water partition coefficient (Wildman–Crippen LogP) is 3.93. The van der Waals surface area contributed by atoms with Crippen molar-refractivity contribution in [1.29, 1.82) is 5.26 Å². The van der Waals surface area contributed by atoms with E-state index in [1.165, 1.54) is 12.1 Å². The number of non-ortho nitro benzene ring substituents is 1. The number of Topliss-reactive ketones (excluding diaryl/α,β-unsaturated/α-hetero) is 1. The van der Waals surface area contributed by atoms with Gasteiger partial charge in [-0.2, -0.15) is 5.26 Å². The highest BCUT2D eigenvalue weighted by atomic mass is 16.6. The van der Waals surface area contributed by atoms with Crippen molar-refractivity contribution in [3.05, 3.63) is 87.1 Å². The molecule has 1 aromatic heterocycles. The number of allylic oxidation sites excluding steroid dienone is 3. The fourth-order valence-corrected chi connectivity index (χ4v) is 4.43. The molecule has 1 unspecified atom stereocenters. The van der Waals surface area contributed by atoms with Gasteiger partial charge in [0.2, 0.25) is 0 Å². The molecule has 0 bridgehead atoms. The number of nitrogens with two attached hydrogens (primary N) is 1. The molecule has 0 saturated heterocycles. The Labute approximate surface area is 179 Å². The van der Waals surface area contributed by atoms with Crippen LogP contribution < -0.4 is 10.6 Å². The van der Waals surface area contributed by atoms with Crippen LogP contribution in [0.5, 0.6) is 0 Å². The molecule has 2 N–H and O–H groups in total. The average Bonchev–Trinajstić information content (AvgIpc) is 2.72. The van der Waals surface area contributed by atoms with Crippen molar-refractivity contribution >= 4 is 17.2 Å². The van der Waals surface area contributed by atoms with Crippen molar-refractivity contribution in [3.63, 3.8) is 0 Å². The number of aromatic nitrogens is 1. The lowest BCUT2D eigenvalue weighted by atomic mass is 9.68. The lowest BCUT2D eigenvalue weighted by Gasteiger charge is -2.43. The molecule has 1 atom stereocenters. The van der Waals surface area contributed by atoms with Gasteiger partial charge in [-0.3, -0.25) is 24.8 Å². The quantitative estimate of drug-likeness (QED) is 0.594. The number of nitro benzene ring substituents is 1. The Morgan fingerprint density at radius 2 is 2.06 bits per heavy atom. The van der Waals surface area contributed by atoms with Gasteiger partial charge >= 0.3 is 0 Å². The molecule has 0 spiro atoms. The molecule has 1 aromatic carbocycles. The molecule has 31 heavy (non-hydrogen) atoms. The number of hydrogen-bond acceptors (Lipinski definition) is 7. The number of carbonyl (C=O) groups is 1. The summed E-state index contributed by atoms with van der Waals surface area (Å²) in [6, 6.07) is 11.8. The average molecular weight is 415 g/mol. The van der Waals surface area contributed by atoms with E-state index in [1.54, 1.807) is 35.5 Å². The van der Waals surface area contributed by atoms with Gasteiger partial charge in [-0.05, 0) is 29.5 Å². The van der Waals surface area contributed by atoms with E-state index in [9.17, 15) is 20.2 Å². The van der Waals surface area contributed by atoms with Crippen molar-refractivity contribution in [2.75, 3.05) is 4.90 Å². The number of hydrogen-bond donors (Lipinski definition) is 1. The number of ketones is 1. The van der Waals surface area contributed by atoms with Gasteiger partial charge in [0, 0.05) is 42.2 Å². The second-order valence-corrected chi connectivity index (χ2v) is 8.54. The van der Waals surface area contributed by atoms with Gasteiger partial charge in [-0.1, -0.05) is 26.0 Å². The number of carbonyl (C=O) groups excluding carboxylic acids is 1. The standard InChI is InChI=1S/C23H21N5O3/c1-23(2)10-18-21(19(29)11-23)20(14-5-4-8-26-13-14)17(12-24)22(25)27(18)15-6-3-7-16(9-15)28(30)31/h3-9,13,20H,10-11,25H2,1-2H3. The summed E-state index contributed by atoms with van der Waals surface area (Å²) in [6.45, 7) is 4.00. The minimum Gasteiger partial charge on any atom is -0.384 e. The third-order valence-corrected chi connectivity index (χ3v) is 5.70. The maximum Gasteiger partial charge on any atom is 0.271 e. The highest BCUT2D eigenvalue weighted by molar-refractivity contribution is 6.01. The summed E-state index contributed by atoms with van der Waals surface area (Å²) in [5.41, 5.74) is 8.65. The number of rotatable bonds is 3. The first kappa shape index (κ1) is 20.3. The van der Waals surface area contributed by atoms with E-state index in [2.05, 4.69) is 11.1 Å². The van der Waals surface area contributed by atoms with E-state index in [0.29, 0.717) is 35.4 Å². The van der Waals surface area contributed by atoms with Crippen LogP contribution in [0.3, 0.4) is 0 Å². The Balaban J connectivity index is 2.00. The lowest BCUT2D eigenvalue weighted by Crippen LogP contribution is -2.42. The first-order valence-electron chi connectivity index (χ1n) is 9.84. The number of pyridine rings is 1. The van der Waals surface area contributed by atoms with Crippen LogP contribution in [0, 0.1) is 26.9 Å². The van der Waals surface area contributed by atoms with Crippen LogP contribution in [-0.2, 0) is 4.79 Å². The van der Waals surface area contributed by atoms with Gasteiger partial charge in [-0.15, -0.1) is 0 Å². The van der Waals surface area contributed by atoms with Crippen molar-refractivity contribution in [2.24, 2.45) is 11.1 Å². The van der Waals surface area contributed by atoms with Crippen LogP contribution in [0.4, 0.5) is 11.4 Å². The number of nitro groups is 1. The zero-order valence-corrected chi connectivity index (χ0v) is 17.2. The van der Waals surface area contributed by atoms with Crippen molar-refractivity contribution < 1.29 is 9.72 Å². The number of nitrogens with zero attached hydrogens (tertiary/aromatic N) is 4. The Morgan fingerprint density at radius 1 is 1.29 bits per heavy atom. The van der Waals surface area contributed by atoms with Gasteiger partial charge in [0.25, 0.3) is 5.69 Å². The van der Waals surface area contributed by atoms with Gasteiger partial charge in [-0.25, -0.2) is 0 Å². The topological polar surface area (TPSA) is 126 Å². The zero-order valence-electron chi connectivity index (χ0n) is 17.2. The monoisotopic (exact) mass is 415 g/mol. The van der Waals surface area contributed by atoms with Crippen LogP contribution in [-0.4, -0.2) is 15.7 Å². The minimum atomic E-state index is -0.618. The highest BCUT2D eigenvalue weighted by Gasteiger charge is 2.44. The molecule has 2 aliphatic rings. The first-order chi connectivity index (χ1) is 14.7. The Morgan fingerprint density at radius 3 is 2.71 bits per heavy atom. The van der Waals surface area contributed by atoms with E-state index in [1.807, 2.05) is 19.9 Å². The minimum absolute atomic E-state index is 0.0595. The number of anilines is 1. The third kappa shape index (κ3) is 3.44. The molecule has 0 amide bonds. The maximum absolute atomic E-state index is 13.4. The van der Waals surface area contributed by atoms with E-state index in [4.69, 9.17) is 5.73 Å². The smallest absolute Gasteiger partial charge is 0.271 e. The molecule has 0 saturated carbocycles. The molecule has 4 rings (SSSR count). The summed E-state index contributed by atoms with van der Waals surface area (Å²) in [7, 11) is 0. The summed E-state index contributed by atoms with van der Waals surface area (Å²) in [4.78, 5) is 30.0. The van der Waals surface area contributed by atoms with Crippen LogP contribution in [0.25, 0.3) is 0 Å². The third-order valence-electron chi connectivity index (χ3n) is 5.70. The van der Waals surface area contributed by atoms with Crippen molar-refractivity contribution in [1.82, 2.24) is 4.98 Å². The molecular weight excluding hydrogens is 394 g/mol. The number of benzene rings is 1. The van der Waals surface area contributed by atoms with Crippen LogP contribution >= 0.6 is 0 Å². The summed E-state index contributed by atoms with van der Waals surface area (Å²) < 4.78 is 0. The van der Waals surface area contributed by atoms with Gasteiger partial charge in [0.1, 0.15) is 5.82 Å². The van der Waals surface area contributed by atoms with E-state index < -0.39 is 10.8 Å². The Kier molecular flexibility index (Phi) is 4.82. The first-order valence-corrected chi connectivity index (χ1v) is 9.84. The Bertz CT molecular complexity index is 1190.